The van der Waals surface area contributed by atoms with Crippen LogP contribution in [0.3, 0.4) is 0 Å². The third-order valence-electron chi connectivity index (χ3n) is 5.54. The zero-order chi connectivity index (χ0) is 23.0. The predicted octanol–water partition coefficient (Wildman–Crippen LogP) is 4.50. The van der Waals surface area contributed by atoms with Crippen molar-refractivity contribution in [1.82, 2.24) is 9.55 Å². The molecule has 1 aliphatic rings. The number of ether oxygens (including phenoxy) is 2. The van der Waals surface area contributed by atoms with Gasteiger partial charge in [-0.3, -0.25) is 4.57 Å². The second-order valence-electron chi connectivity index (χ2n) is 7.90. The van der Waals surface area contributed by atoms with Crippen molar-refractivity contribution < 1.29 is 36.2 Å². The molecule has 0 fully saturated rings. The van der Waals surface area contributed by atoms with Crippen LogP contribution < -0.4 is 9.47 Å². The number of nitrogens with zero attached hydrogens (tertiary/aromatic N) is 2. The molecule has 0 aliphatic carbocycles. The van der Waals surface area contributed by atoms with Crippen molar-refractivity contribution in [3.63, 3.8) is 0 Å². The van der Waals surface area contributed by atoms with Crippen molar-refractivity contribution in [3.8, 4) is 11.8 Å². The number of aldehydes is 1. The Morgan fingerprint density at radius 2 is 1.84 bits per heavy atom. The van der Waals surface area contributed by atoms with E-state index in [1.54, 1.807) is 0 Å². The molecule has 0 unspecified atom stereocenters. The van der Waals surface area contributed by atoms with Crippen LogP contribution in [0.2, 0.25) is 0 Å². The maximum Gasteiger partial charge on any atom is 0.454 e. The van der Waals surface area contributed by atoms with Crippen molar-refractivity contribution in [1.29, 1.82) is 0 Å². The molecule has 1 atom stereocenters. The van der Waals surface area contributed by atoms with E-state index in [-0.39, 0.29) is 24.7 Å². The first-order chi connectivity index (χ1) is 14.4. The van der Waals surface area contributed by atoms with Gasteiger partial charge in [0.05, 0.1) is 17.7 Å². The van der Waals surface area contributed by atoms with E-state index in [1.165, 1.54) is 24.3 Å². The summed E-state index contributed by atoms with van der Waals surface area (Å²) in [5.41, 5.74) is -0.999. The van der Waals surface area contributed by atoms with Gasteiger partial charge < -0.3 is 14.3 Å². The summed E-state index contributed by atoms with van der Waals surface area (Å²) in [6.45, 7) is 4.28. The van der Waals surface area contributed by atoms with Gasteiger partial charge in [-0.1, -0.05) is 19.1 Å². The number of imidazole rings is 1. The molecule has 0 saturated carbocycles. The summed E-state index contributed by atoms with van der Waals surface area (Å²) in [5, 5.41) is 0. The van der Waals surface area contributed by atoms with Crippen LogP contribution in [0.15, 0.2) is 24.3 Å². The molecular weight excluding hydrogens is 423 g/mol. The van der Waals surface area contributed by atoms with Gasteiger partial charge in [0, 0.05) is 12.1 Å². The van der Waals surface area contributed by atoms with E-state index in [0.29, 0.717) is 30.4 Å². The molecule has 0 spiro atoms. The number of hydrogen-bond acceptors (Lipinski definition) is 4. The van der Waals surface area contributed by atoms with Crippen LogP contribution >= 0.6 is 0 Å². The topological polar surface area (TPSA) is 53.4 Å². The number of benzene rings is 1. The summed E-state index contributed by atoms with van der Waals surface area (Å²) < 4.78 is 79.4. The van der Waals surface area contributed by atoms with E-state index >= 15 is 0 Å². The fraction of sp³-hybridized carbons (Fsp3) is 0.524. The molecule has 0 radical (unpaired) electrons. The summed E-state index contributed by atoms with van der Waals surface area (Å²) >= 11 is 0. The van der Waals surface area contributed by atoms with E-state index in [9.17, 15) is 26.7 Å². The lowest BCUT2D eigenvalue weighted by molar-refractivity contribution is -0.305. The molecule has 31 heavy (non-hydrogen) atoms. The molecule has 170 valence electrons. The van der Waals surface area contributed by atoms with E-state index in [2.05, 4.69) is 4.98 Å². The molecule has 5 nitrogen and oxygen atoms in total. The van der Waals surface area contributed by atoms with Crippen LogP contribution in [0.1, 0.15) is 37.7 Å². The first kappa shape index (κ1) is 23.0. The highest BCUT2D eigenvalue weighted by atomic mass is 19.4. The van der Waals surface area contributed by atoms with Crippen LogP contribution in [0.25, 0.3) is 0 Å². The first-order valence-electron chi connectivity index (χ1n) is 9.78. The second kappa shape index (κ2) is 8.12. The van der Waals surface area contributed by atoms with Gasteiger partial charge in [-0.05, 0) is 38.0 Å². The predicted molar refractivity (Wildman–Crippen MR) is 102 cm³/mol. The Bertz CT molecular complexity index is 936. The number of rotatable bonds is 8. The molecule has 1 aliphatic heterocycles. The Balaban J connectivity index is 1.64. The average Bonchev–Trinajstić information content (AvgIpc) is 3.22. The van der Waals surface area contributed by atoms with Crippen LogP contribution in [-0.2, 0) is 29.6 Å². The normalized spacial score (nSPS) is 16.7. The fourth-order valence-corrected chi connectivity index (χ4v) is 3.60. The Morgan fingerprint density at radius 3 is 2.39 bits per heavy atom. The second-order valence-corrected chi connectivity index (χ2v) is 7.90. The molecule has 10 heteroatoms. The lowest BCUT2D eigenvalue weighted by Crippen LogP contribution is -2.51. The van der Waals surface area contributed by atoms with Gasteiger partial charge in [-0.2, -0.15) is 26.9 Å². The number of alkyl halides is 5. The first-order valence-corrected chi connectivity index (χ1v) is 9.78. The van der Waals surface area contributed by atoms with Gasteiger partial charge in [0.2, 0.25) is 0 Å². The Kier molecular flexibility index (Phi) is 6.03. The van der Waals surface area contributed by atoms with Gasteiger partial charge in [0.25, 0.3) is 6.01 Å². The monoisotopic (exact) mass is 446 g/mol. The minimum atomic E-state index is -5.65. The standard InChI is InChI=1S/C21H23F5N2O3/c1-4-17-16(9-10-29)27-18-28(17)11-15(31-18)12-30-14-7-5-13(6-8-14)19(2,3)20(22,23)21(24,25)26/h5-8,10,15H,4,9,11-12H2,1-3H3/t15-/m0/s1. The van der Waals surface area contributed by atoms with Gasteiger partial charge in [0.15, 0.2) is 6.10 Å². The van der Waals surface area contributed by atoms with Crippen molar-refractivity contribution in [2.75, 3.05) is 6.61 Å². The molecule has 1 aromatic carbocycles. The Morgan fingerprint density at radius 1 is 1.19 bits per heavy atom. The Hall–Kier alpha value is -2.65. The molecule has 2 heterocycles. The number of fused-ring (bicyclic) bond motifs is 1. The van der Waals surface area contributed by atoms with Gasteiger partial charge in [-0.25, -0.2) is 0 Å². The smallest absolute Gasteiger partial charge is 0.454 e. The summed E-state index contributed by atoms with van der Waals surface area (Å²) in [5.74, 6) is -4.57. The molecule has 2 aromatic rings. The number of halogens is 5. The van der Waals surface area contributed by atoms with Crippen molar-refractivity contribution in [2.24, 2.45) is 0 Å². The highest BCUT2D eigenvalue weighted by Crippen LogP contribution is 2.49. The summed E-state index contributed by atoms with van der Waals surface area (Å²) in [7, 11) is 0. The van der Waals surface area contributed by atoms with Crippen molar-refractivity contribution >= 4 is 6.29 Å². The van der Waals surface area contributed by atoms with Gasteiger partial charge in [0.1, 0.15) is 18.6 Å². The lowest BCUT2D eigenvalue weighted by atomic mass is 9.78. The minimum Gasteiger partial charge on any atom is -0.490 e. The lowest BCUT2D eigenvalue weighted by Gasteiger charge is -2.35. The molecule has 1 aromatic heterocycles. The third kappa shape index (κ3) is 4.12. The van der Waals surface area contributed by atoms with Crippen molar-refractivity contribution in [2.45, 2.75) is 63.8 Å². The summed E-state index contributed by atoms with van der Waals surface area (Å²) in [6, 6.07) is 5.54. The number of carbonyl (C=O) groups excluding carboxylic acids is 1. The minimum absolute atomic E-state index is 0.136. The molecular formula is C21H23F5N2O3. The van der Waals surface area contributed by atoms with Crippen molar-refractivity contribution in [3.05, 3.63) is 41.2 Å². The zero-order valence-corrected chi connectivity index (χ0v) is 17.3. The fourth-order valence-electron chi connectivity index (χ4n) is 3.60. The molecule has 0 amide bonds. The van der Waals surface area contributed by atoms with Crippen LogP contribution in [0, 0.1) is 0 Å². The number of carbonyl (C=O) groups is 1. The zero-order valence-electron chi connectivity index (χ0n) is 17.3. The quantitative estimate of drug-likeness (QED) is 0.443. The van der Waals surface area contributed by atoms with E-state index < -0.39 is 17.5 Å². The molecule has 3 rings (SSSR count). The van der Waals surface area contributed by atoms with Crippen LogP contribution in [0.4, 0.5) is 22.0 Å². The number of hydrogen-bond donors (Lipinski definition) is 0. The summed E-state index contributed by atoms with van der Waals surface area (Å²) in [4.78, 5) is 15.1. The third-order valence-corrected chi connectivity index (χ3v) is 5.54. The van der Waals surface area contributed by atoms with Gasteiger partial charge >= 0.3 is 12.1 Å². The molecule has 0 bridgehead atoms. The van der Waals surface area contributed by atoms with E-state index in [1.807, 2.05) is 11.5 Å². The molecule has 0 N–H and O–H groups in total. The maximum absolute atomic E-state index is 13.9. The summed E-state index contributed by atoms with van der Waals surface area (Å²) in [6.07, 6.45) is -4.31. The average molecular weight is 446 g/mol. The molecule has 0 saturated heterocycles. The largest absolute Gasteiger partial charge is 0.490 e. The van der Waals surface area contributed by atoms with E-state index in [4.69, 9.17) is 9.47 Å². The van der Waals surface area contributed by atoms with Crippen LogP contribution in [0.5, 0.6) is 11.8 Å². The number of aromatic nitrogens is 2. The highest BCUT2D eigenvalue weighted by Gasteiger charge is 2.66. The SMILES string of the molecule is CCc1c(CC=O)nc2n1C[C@@H](COc1ccc(C(C)(C)C(F)(F)C(F)(F)F)cc1)O2. The van der Waals surface area contributed by atoms with E-state index in [0.717, 1.165) is 25.8 Å². The highest BCUT2D eigenvalue weighted by molar-refractivity contribution is 5.54. The van der Waals surface area contributed by atoms with Gasteiger partial charge in [-0.15, -0.1) is 0 Å². The Labute approximate surface area is 176 Å². The maximum atomic E-state index is 13.9. The van der Waals surface area contributed by atoms with Crippen LogP contribution in [-0.4, -0.2) is 40.6 Å².